The predicted octanol–water partition coefficient (Wildman–Crippen LogP) is 3.21. The Morgan fingerprint density at radius 3 is 3.00 bits per heavy atom. The van der Waals surface area contributed by atoms with Gasteiger partial charge in [-0.15, -0.1) is 0 Å². The average molecular weight is 261 g/mol. The fourth-order valence-electron chi connectivity index (χ4n) is 2.71. The van der Waals surface area contributed by atoms with Crippen molar-refractivity contribution in [2.24, 2.45) is 5.92 Å². The monoisotopic (exact) mass is 261 g/mol. The summed E-state index contributed by atoms with van der Waals surface area (Å²) in [6.07, 6.45) is 5.94. The van der Waals surface area contributed by atoms with Crippen molar-refractivity contribution < 1.29 is 0 Å². The second-order valence-corrected chi connectivity index (χ2v) is 6.07. The molecule has 0 spiro atoms. The highest BCUT2D eigenvalue weighted by Gasteiger charge is 2.18. The maximum absolute atomic E-state index is 4.47. The maximum atomic E-state index is 4.47. The average Bonchev–Trinajstić information content (AvgIpc) is 2.39. The third kappa shape index (κ3) is 4.20. The lowest BCUT2D eigenvalue weighted by atomic mass is 10.0. The predicted molar refractivity (Wildman–Crippen MR) is 81.4 cm³/mol. The van der Waals surface area contributed by atoms with Crippen LogP contribution in [0, 0.1) is 5.92 Å². The topological polar surface area (TPSA) is 28.2 Å². The van der Waals surface area contributed by atoms with Gasteiger partial charge in [0, 0.05) is 31.0 Å². The standard InChI is InChI=1S/C16H27N3/c1-13(2)11-17-12-15-10-16(7-8-18-15)19-9-5-4-6-14(19)3/h7-8,10,13-14,17H,4-6,9,11-12H2,1-3H3. The Balaban J connectivity index is 1.98. The summed E-state index contributed by atoms with van der Waals surface area (Å²) in [4.78, 5) is 6.99. The minimum Gasteiger partial charge on any atom is -0.369 e. The van der Waals surface area contributed by atoms with Crippen LogP contribution in [0.1, 0.15) is 45.7 Å². The first-order chi connectivity index (χ1) is 9.16. The molecule has 2 heterocycles. The second-order valence-electron chi connectivity index (χ2n) is 6.07. The van der Waals surface area contributed by atoms with Crippen LogP contribution in [0.4, 0.5) is 5.69 Å². The number of rotatable bonds is 5. The zero-order valence-electron chi connectivity index (χ0n) is 12.5. The van der Waals surface area contributed by atoms with E-state index in [0.717, 1.165) is 18.8 Å². The number of pyridine rings is 1. The van der Waals surface area contributed by atoms with Gasteiger partial charge in [0.2, 0.25) is 0 Å². The molecule has 1 aromatic rings. The smallest absolute Gasteiger partial charge is 0.0562 e. The molecule has 1 aliphatic heterocycles. The van der Waals surface area contributed by atoms with Gasteiger partial charge in [-0.1, -0.05) is 13.8 Å². The third-order valence-electron chi connectivity index (χ3n) is 3.79. The number of hydrogen-bond acceptors (Lipinski definition) is 3. The Morgan fingerprint density at radius 1 is 1.42 bits per heavy atom. The molecule has 0 saturated carbocycles. The van der Waals surface area contributed by atoms with Crippen LogP contribution in [0.2, 0.25) is 0 Å². The summed E-state index contributed by atoms with van der Waals surface area (Å²) in [7, 11) is 0. The van der Waals surface area contributed by atoms with Crippen LogP contribution in [0.25, 0.3) is 0 Å². The molecule has 1 unspecified atom stereocenters. The van der Waals surface area contributed by atoms with E-state index in [0.29, 0.717) is 12.0 Å². The summed E-state index contributed by atoms with van der Waals surface area (Å²) in [5, 5.41) is 3.46. The molecule has 0 radical (unpaired) electrons. The normalized spacial score (nSPS) is 20.0. The number of aromatic nitrogens is 1. The fourth-order valence-corrected chi connectivity index (χ4v) is 2.71. The first-order valence-electron chi connectivity index (χ1n) is 7.59. The Bertz CT molecular complexity index is 389. The molecular weight excluding hydrogens is 234 g/mol. The molecule has 0 amide bonds. The number of piperidine rings is 1. The van der Waals surface area contributed by atoms with E-state index < -0.39 is 0 Å². The van der Waals surface area contributed by atoms with Gasteiger partial charge in [-0.25, -0.2) is 0 Å². The van der Waals surface area contributed by atoms with Crippen LogP contribution < -0.4 is 10.2 Å². The van der Waals surface area contributed by atoms with Crippen LogP contribution in [-0.2, 0) is 6.54 Å². The maximum Gasteiger partial charge on any atom is 0.0562 e. The van der Waals surface area contributed by atoms with E-state index in [1.54, 1.807) is 0 Å². The van der Waals surface area contributed by atoms with Crippen molar-refractivity contribution >= 4 is 5.69 Å². The lowest BCUT2D eigenvalue weighted by Gasteiger charge is -2.35. The molecule has 1 atom stereocenters. The molecular formula is C16H27N3. The molecule has 106 valence electrons. The van der Waals surface area contributed by atoms with Crippen LogP contribution in [0.15, 0.2) is 18.3 Å². The quantitative estimate of drug-likeness (QED) is 0.882. The van der Waals surface area contributed by atoms with E-state index in [1.807, 2.05) is 6.20 Å². The van der Waals surface area contributed by atoms with E-state index in [1.165, 1.54) is 31.5 Å². The van der Waals surface area contributed by atoms with Gasteiger partial charge in [0.1, 0.15) is 0 Å². The van der Waals surface area contributed by atoms with Gasteiger partial charge >= 0.3 is 0 Å². The van der Waals surface area contributed by atoms with Crippen LogP contribution in [-0.4, -0.2) is 24.1 Å². The minimum absolute atomic E-state index is 0.660. The molecule has 2 rings (SSSR count). The van der Waals surface area contributed by atoms with Crippen molar-refractivity contribution in [2.45, 2.75) is 52.6 Å². The number of anilines is 1. The Hall–Kier alpha value is -1.09. The summed E-state index contributed by atoms with van der Waals surface area (Å²) in [5.74, 6) is 0.685. The molecule has 0 bridgehead atoms. The van der Waals surface area contributed by atoms with E-state index in [4.69, 9.17) is 0 Å². The van der Waals surface area contributed by atoms with Crippen molar-refractivity contribution in [1.29, 1.82) is 0 Å². The van der Waals surface area contributed by atoms with E-state index in [-0.39, 0.29) is 0 Å². The van der Waals surface area contributed by atoms with Crippen molar-refractivity contribution in [3.8, 4) is 0 Å². The van der Waals surface area contributed by atoms with E-state index in [9.17, 15) is 0 Å². The largest absolute Gasteiger partial charge is 0.369 e. The molecule has 0 aromatic carbocycles. The zero-order valence-corrected chi connectivity index (χ0v) is 12.5. The van der Waals surface area contributed by atoms with Gasteiger partial charge in [0.15, 0.2) is 0 Å². The highest BCUT2D eigenvalue weighted by Crippen LogP contribution is 2.24. The summed E-state index contributed by atoms with van der Waals surface area (Å²) < 4.78 is 0. The molecule has 3 heteroatoms. The molecule has 1 fully saturated rings. The molecule has 1 N–H and O–H groups in total. The summed E-state index contributed by atoms with van der Waals surface area (Å²) in [6, 6.07) is 5.05. The SMILES string of the molecule is CC(C)CNCc1cc(N2CCCCC2C)ccn1. The molecule has 1 saturated heterocycles. The third-order valence-corrected chi connectivity index (χ3v) is 3.79. The highest BCUT2D eigenvalue weighted by molar-refractivity contribution is 5.47. The zero-order chi connectivity index (χ0) is 13.7. The summed E-state index contributed by atoms with van der Waals surface area (Å²) in [6.45, 7) is 9.89. The van der Waals surface area contributed by atoms with E-state index >= 15 is 0 Å². The van der Waals surface area contributed by atoms with Crippen LogP contribution in [0.5, 0.6) is 0 Å². The van der Waals surface area contributed by atoms with Crippen LogP contribution >= 0.6 is 0 Å². The highest BCUT2D eigenvalue weighted by atomic mass is 15.2. The number of hydrogen-bond donors (Lipinski definition) is 1. The van der Waals surface area contributed by atoms with Gasteiger partial charge in [-0.05, 0) is 50.8 Å². The number of nitrogens with zero attached hydrogens (tertiary/aromatic N) is 2. The minimum atomic E-state index is 0.660. The number of nitrogens with one attached hydrogen (secondary N) is 1. The lowest BCUT2D eigenvalue weighted by Crippen LogP contribution is -2.37. The van der Waals surface area contributed by atoms with Crippen molar-refractivity contribution in [3.05, 3.63) is 24.0 Å². The van der Waals surface area contributed by atoms with E-state index in [2.05, 4.69) is 48.1 Å². The Labute approximate surface area is 117 Å². The Morgan fingerprint density at radius 2 is 2.26 bits per heavy atom. The lowest BCUT2D eigenvalue weighted by molar-refractivity contribution is 0.484. The van der Waals surface area contributed by atoms with Gasteiger partial charge in [0.25, 0.3) is 0 Å². The van der Waals surface area contributed by atoms with Crippen molar-refractivity contribution in [2.75, 3.05) is 18.0 Å². The molecule has 1 aliphatic rings. The summed E-state index contributed by atoms with van der Waals surface area (Å²) in [5.41, 5.74) is 2.49. The van der Waals surface area contributed by atoms with Crippen LogP contribution in [0.3, 0.4) is 0 Å². The fraction of sp³-hybridized carbons (Fsp3) is 0.688. The van der Waals surface area contributed by atoms with Gasteiger partial charge < -0.3 is 10.2 Å². The van der Waals surface area contributed by atoms with Gasteiger partial charge in [0.05, 0.1) is 5.69 Å². The summed E-state index contributed by atoms with van der Waals surface area (Å²) >= 11 is 0. The van der Waals surface area contributed by atoms with Crippen molar-refractivity contribution in [1.82, 2.24) is 10.3 Å². The first-order valence-corrected chi connectivity index (χ1v) is 7.59. The molecule has 3 nitrogen and oxygen atoms in total. The Kier molecular flexibility index (Phi) is 5.20. The van der Waals surface area contributed by atoms with Gasteiger partial charge in [-0.2, -0.15) is 0 Å². The van der Waals surface area contributed by atoms with Crippen molar-refractivity contribution in [3.63, 3.8) is 0 Å². The van der Waals surface area contributed by atoms with Gasteiger partial charge in [-0.3, -0.25) is 4.98 Å². The second kappa shape index (κ2) is 6.90. The molecule has 0 aliphatic carbocycles. The molecule has 19 heavy (non-hydrogen) atoms. The first kappa shape index (κ1) is 14.3. The molecule has 1 aromatic heterocycles.